The highest BCUT2D eigenvalue weighted by molar-refractivity contribution is 5.53. The molecule has 0 bridgehead atoms. The Balaban J connectivity index is 1.62. The van der Waals surface area contributed by atoms with E-state index in [-0.39, 0.29) is 0 Å². The summed E-state index contributed by atoms with van der Waals surface area (Å²) in [6.45, 7) is 4.50. The molecule has 1 aliphatic heterocycles. The zero-order valence-electron chi connectivity index (χ0n) is 11.2. The molecule has 102 valence electrons. The second-order valence-corrected chi connectivity index (χ2v) is 4.79. The number of nitrogens with one attached hydrogen (secondary N) is 1. The number of anilines is 1. The SMILES string of the molecule is N#Cc1cccnc1N1CCN(Cc2ncc[nH]2)CC1. The van der Waals surface area contributed by atoms with E-state index in [1.807, 2.05) is 12.3 Å². The minimum atomic E-state index is 0.645. The second kappa shape index (κ2) is 5.72. The van der Waals surface area contributed by atoms with Crippen molar-refractivity contribution in [3.05, 3.63) is 42.1 Å². The first-order chi connectivity index (χ1) is 9.86. The molecule has 1 saturated heterocycles. The predicted octanol–water partition coefficient (Wildman–Crippen LogP) is 0.999. The van der Waals surface area contributed by atoms with Crippen LogP contribution in [-0.2, 0) is 6.54 Å². The number of pyridine rings is 1. The number of rotatable bonds is 3. The summed E-state index contributed by atoms with van der Waals surface area (Å²) in [6, 6.07) is 5.83. The lowest BCUT2D eigenvalue weighted by atomic mass is 10.2. The van der Waals surface area contributed by atoms with E-state index < -0.39 is 0 Å². The van der Waals surface area contributed by atoms with Crippen LogP contribution in [-0.4, -0.2) is 46.0 Å². The number of H-pyrrole nitrogens is 1. The Morgan fingerprint density at radius 2 is 2.05 bits per heavy atom. The molecule has 1 N–H and O–H groups in total. The van der Waals surface area contributed by atoms with Gasteiger partial charge in [0.15, 0.2) is 0 Å². The van der Waals surface area contributed by atoms with E-state index >= 15 is 0 Å². The van der Waals surface area contributed by atoms with E-state index in [9.17, 15) is 0 Å². The number of nitriles is 1. The highest BCUT2D eigenvalue weighted by atomic mass is 15.3. The number of nitrogens with zero attached hydrogens (tertiary/aromatic N) is 5. The van der Waals surface area contributed by atoms with Crippen LogP contribution in [0.15, 0.2) is 30.7 Å². The third-order valence-corrected chi connectivity index (χ3v) is 3.51. The largest absolute Gasteiger partial charge is 0.353 e. The van der Waals surface area contributed by atoms with Crippen LogP contribution in [0.4, 0.5) is 5.82 Å². The van der Waals surface area contributed by atoms with Crippen LogP contribution in [0, 0.1) is 11.3 Å². The second-order valence-electron chi connectivity index (χ2n) is 4.79. The molecule has 2 aromatic heterocycles. The monoisotopic (exact) mass is 268 g/mol. The molecule has 1 fully saturated rings. The molecule has 0 aliphatic carbocycles. The maximum absolute atomic E-state index is 9.13. The van der Waals surface area contributed by atoms with Gasteiger partial charge in [0.2, 0.25) is 0 Å². The van der Waals surface area contributed by atoms with E-state index in [4.69, 9.17) is 5.26 Å². The van der Waals surface area contributed by atoms with E-state index in [2.05, 4.69) is 30.8 Å². The van der Waals surface area contributed by atoms with Crippen molar-refractivity contribution in [1.29, 1.82) is 5.26 Å². The van der Waals surface area contributed by atoms with Crippen molar-refractivity contribution >= 4 is 5.82 Å². The molecule has 20 heavy (non-hydrogen) atoms. The van der Waals surface area contributed by atoms with Gasteiger partial charge in [-0.05, 0) is 12.1 Å². The van der Waals surface area contributed by atoms with Gasteiger partial charge >= 0.3 is 0 Å². The fourth-order valence-corrected chi connectivity index (χ4v) is 2.45. The number of aromatic amines is 1. The van der Waals surface area contributed by atoms with Gasteiger partial charge in [-0.15, -0.1) is 0 Å². The highest BCUT2D eigenvalue weighted by Gasteiger charge is 2.20. The van der Waals surface area contributed by atoms with Gasteiger partial charge in [-0.1, -0.05) is 0 Å². The Morgan fingerprint density at radius 3 is 2.75 bits per heavy atom. The van der Waals surface area contributed by atoms with Crippen LogP contribution < -0.4 is 4.90 Å². The summed E-state index contributed by atoms with van der Waals surface area (Å²) in [7, 11) is 0. The molecule has 3 heterocycles. The molecule has 0 saturated carbocycles. The van der Waals surface area contributed by atoms with Gasteiger partial charge in [-0.2, -0.15) is 5.26 Å². The lowest BCUT2D eigenvalue weighted by molar-refractivity contribution is 0.244. The van der Waals surface area contributed by atoms with Crippen molar-refractivity contribution in [2.45, 2.75) is 6.54 Å². The molecule has 0 aromatic carbocycles. The maximum Gasteiger partial charge on any atom is 0.146 e. The Kier molecular flexibility index (Phi) is 3.61. The van der Waals surface area contributed by atoms with E-state index in [1.54, 1.807) is 18.5 Å². The molecule has 0 spiro atoms. The van der Waals surface area contributed by atoms with E-state index in [0.717, 1.165) is 44.4 Å². The summed E-state index contributed by atoms with van der Waals surface area (Å²) in [5, 5.41) is 9.13. The van der Waals surface area contributed by atoms with Gasteiger partial charge in [-0.25, -0.2) is 9.97 Å². The maximum atomic E-state index is 9.13. The standard InChI is InChI=1S/C14H16N6/c15-10-12-2-1-3-18-14(12)20-8-6-19(7-9-20)11-13-16-4-5-17-13/h1-5H,6-9,11H2,(H,16,17). The van der Waals surface area contributed by atoms with Crippen LogP contribution in [0.1, 0.15) is 11.4 Å². The first-order valence-corrected chi connectivity index (χ1v) is 6.67. The van der Waals surface area contributed by atoms with Crippen LogP contribution >= 0.6 is 0 Å². The molecule has 0 unspecified atom stereocenters. The van der Waals surface area contributed by atoms with Crippen molar-refractivity contribution in [2.24, 2.45) is 0 Å². The minimum Gasteiger partial charge on any atom is -0.353 e. The number of hydrogen-bond acceptors (Lipinski definition) is 5. The van der Waals surface area contributed by atoms with Gasteiger partial charge in [0.1, 0.15) is 17.7 Å². The van der Waals surface area contributed by atoms with Gasteiger partial charge in [0.25, 0.3) is 0 Å². The molecule has 6 nitrogen and oxygen atoms in total. The van der Waals surface area contributed by atoms with E-state index in [0.29, 0.717) is 5.56 Å². The molecule has 3 rings (SSSR count). The summed E-state index contributed by atoms with van der Waals surface area (Å²) < 4.78 is 0. The van der Waals surface area contributed by atoms with Crippen molar-refractivity contribution in [3.8, 4) is 6.07 Å². The Morgan fingerprint density at radius 1 is 1.20 bits per heavy atom. The van der Waals surface area contributed by atoms with Crippen LogP contribution in [0.25, 0.3) is 0 Å². The summed E-state index contributed by atoms with van der Waals surface area (Å²) in [6.07, 6.45) is 5.36. The summed E-state index contributed by atoms with van der Waals surface area (Å²) in [4.78, 5) is 16.2. The van der Waals surface area contributed by atoms with Crippen molar-refractivity contribution in [2.75, 3.05) is 31.1 Å². The fourth-order valence-electron chi connectivity index (χ4n) is 2.45. The number of piperazine rings is 1. The zero-order valence-corrected chi connectivity index (χ0v) is 11.2. The Hall–Kier alpha value is -2.39. The fraction of sp³-hybridized carbons (Fsp3) is 0.357. The van der Waals surface area contributed by atoms with Gasteiger partial charge in [0.05, 0.1) is 12.1 Å². The van der Waals surface area contributed by atoms with Gasteiger partial charge < -0.3 is 9.88 Å². The van der Waals surface area contributed by atoms with Crippen LogP contribution in [0.2, 0.25) is 0 Å². The quantitative estimate of drug-likeness (QED) is 0.899. The van der Waals surface area contributed by atoms with Crippen LogP contribution in [0.3, 0.4) is 0 Å². The lowest BCUT2D eigenvalue weighted by Crippen LogP contribution is -2.46. The first-order valence-electron chi connectivity index (χ1n) is 6.67. The number of hydrogen-bond donors (Lipinski definition) is 1. The first kappa shape index (κ1) is 12.6. The molecule has 0 amide bonds. The number of imidazole rings is 1. The lowest BCUT2D eigenvalue weighted by Gasteiger charge is -2.35. The Bertz CT molecular complexity index is 592. The average Bonchev–Trinajstić information content (AvgIpc) is 3.01. The molecule has 0 atom stereocenters. The molecule has 2 aromatic rings. The third-order valence-electron chi connectivity index (χ3n) is 3.51. The van der Waals surface area contributed by atoms with Crippen molar-refractivity contribution in [3.63, 3.8) is 0 Å². The Labute approximate surface area is 117 Å². The number of aromatic nitrogens is 3. The molecular weight excluding hydrogens is 252 g/mol. The smallest absolute Gasteiger partial charge is 0.146 e. The molecule has 6 heteroatoms. The molecular formula is C14H16N6. The van der Waals surface area contributed by atoms with Crippen molar-refractivity contribution in [1.82, 2.24) is 19.9 Å². The topological polar surface area (TPSA) is 71.8 Å². The van der Waals surface area contributed by atoms with Gasteiger partial charge in [-0.3, -0.25) is 4.90 Å². The van der Waals surface area contributed by atoms with E-state index in [1.165, 1.54) is 0 Å². The minimum absolute atomic E-state index is 0.645. The molecule has 1 aliphatic rings. The zero-order chi connectivity index (χ0) is 13.8. The highest BCUT2D eigenvalue weighted by Crippen LogP contribution is 2.18. The predicted molar refractivity (Wildman–Crippen MR) is 75.0 cm³/mol. The van der Waals surface area contributed by atoms with Crippen LogP contribution in [0.5, 0.6) is 0 Å². The summed E-state index contributed by atoms with van der Waals surface area (Å²) in [5.41, 5.74) is 0.645. The molecule has 0 radical (unpaired) electrons. The van der Waals surface area contributed by atoms with Crippen molar-refractivity contribution < 1.29 is 0 Å². The average molecular weight is 268 g/mol. The van der Waals surface area contributed by atoms with Gasteiger partial charge in [0, 0.05) is 44.8 Å². The summed E-state index contributed by atoms with van der Waals surface area (Å²) >= 11 is 0. The normalized spacial score (nSPS) is 16.1. The third kappa shape index (κ3) is 2.63. The summed E-state index contributed by atoms with van der Waals surface area (Å²) in [5.74, 6) is 1.79.